The number of hydrogen-bond acceptors (Lipinski definition) is 3. The van der Waals surface area contributed by atoms with Crippen LogP contribution in [0.25, 0.3) is 0 Å². The molecule has 0 aliphatic heterocycles. The second-order valence-corrected chi connectivity index (χ2v) is 3.83. The lowest BCUT2D eigenvalue weighted by Crippen LogP contribution is -2.34. The zero-order valence-corrected chi connectivity index (χ0v) is 11.4. The van der Waals surface area contributed by atoms with Crippen molar-refractivity contribution in [2.24, 2.45) is 0 Å². The quantitative estimate of drug-likeness (QED) is 0.789. The maximum atomic E-state index is 10.6. The van der Waals surface area contributed by atoms with Gasteiger partial charge in [-0.3, -0.25) is 9.69 Å². The Morgan fingerprint density at radius 2 is 1.94 bits per heavy atom. The number of benzene rings is 1. The van der Waals surface area contributed by atoms with Crippen LogP contribution in [0.3, 0.4) is 0 Å². The first-order valence-corrected chi connectivity index (χ1v) is 5.84. The molecule has 0 heterocycles. The monoisotopic (exact) mass is 273 g/mol. The average Bonchev–Trinajstić information content (AvgIpc) is 2.30. The normalized spacial score (nSPS) is 9.89. The van der Waals surface area contributed by atoms with Crippen molar-refractivity contribution in [3.05, 3.63) is 30.3 Å². The molecule has 0 aliphatic rings. The molecule has 0 amide bonds. The van der Waals surface area contributed by atoms with Crippen LogP contribution in [-0.2, 0) is 4.79 Å². The summed E-state index contributed by atoms with van der Waals surface area (Å²) in [6, 6.07) is 9.54. The van der Waals surface area contributed by atoms with E-state index in [1.807, 2.05) is 42.2 Å². The summed E-state index contributed by atoms with van der Waals surface area (Å²) < 4.78 is 5.53. The van der Waals surface area contributed by atoms with E-state index in [1.54, 1.807) is 0 Å². The fraction of sp³-hybridized carbons (Fsp3) is 0.462. The molecule has 0 saturated carbocycles. The molecule has 0 spiro atoms. The lowest BCUT2D eigenvalue weighted by molar-refractivity contribution is -0.138. The Labute approximate surface area is 114 Å². The van der Waals surface area contributed by atoms with Crippen LogP contribution < -0.4 is 4.74 Å². The molecule has 0 atom stereocenters. The number of nitrogens with zero attached hydrogens (tertiary/aromatic N) is 1. The van der Waals surface area contributed by atoms with Gasteiger partial charge >= 0.3 is 5.97 Å². The van der Waals surface area contributed by atoms with E-state index in [4.69, 9.17) is 9.84 Å². The lowest BCUT2D eigenvalue weighted by Gasteiger charge is -2.19. The van der Waals surface area contributed by atoms with Gasteiger partial charge in [0, 0.05) is 6.54 Å². The number of para-hydroxylation sites is 1. The minimum Gasteiger partial charge on any atom is -0.492 e. The molecule has 1 aromatic rings. The zero-order chi connectivity index (χ0) is 12.5. The predicted molar refractivity (Wildman–Crippen MR) is 73.6 cm³/mol. The number of carboxylic acid groups (broad SMARTS) is 1. The van der Waals surface area contributed by atoms with Gasteiger partial charge in [0.1, 0.15) is 12.4 Å². The SMILES string of the molecule is CCCN(CCOc1ccccc1)CC(=O)O.Cl. The van der Waals surface area contributed by atoms with E-state index in [0.717, 1.165) is 18.7 Å². The van der Waals surface area contributed by atoms with Crippen molar-refractivity contribution < 1.29 is 14.6 Å². The van der Waals surface area contributed by atoms with Crippen LogP contribution in [0.15, 0.2) is 30.3 Å². The Morgan fingerprint density at radius 1 is 1.28 bits per heavy atom. The standard InChI is InChI=1S/C13H19NO3.ClH/c1-2-8-14(11-13(15)16)9-10-17-12-6-4-3-5-7-12;/h3-7H,2,8-11H2,1H3,(H,15,16);1H. The maximum absolute atomic E-state index is 10.6. The van der Waals surface area contributed by atoms with Gasteiger partial charge in [0.2, 0.25) is 0 Å². The highest BCUT2D eigenvalue weighted by Gasteiger charge is 2.08. The lowest BCUT2D eigenvalue weighted by atomic mass is 10.3. The van der Waals surface area contributed by atoms with Crippen molar-refractivity contribution in [3.63, 3.8) is 0 Å². The fourth-order valence-corrected chi connectivity index (χ4v) is 1.59. The summed E-state index contributed by atoms with van der Waals surface area (Å²) in [5.74, 6) is 0.0254. The highest BCUT2D eigenvalue weighted by Crippen LogP contribution is 2.07. The molecule has 4 nitrogen and oxygen atoms in total. The first kappa shape index (κ1) is 16.7. The highest BCUT2D eigenvalue weighted by molar-refractivity contribution is 5.85. The second-order valence-electron chi connectivity index (χ2n) is 3.83. The summed E-state index contributed by atoms with van der Waals surface area (Å²) in [4.78, 5) is 12.5. The number of rotatable bonds is 8. The van der Waals surface area contributed by atoms with Crippen LogP contribution in [-0.4, -0.2) is 42.2 Å². The molecule has 0 saturated heterocycles. The maximum Gasteiger partial charge on any atom is 0.317 e. The van der Waals surface area contributed by atoms with Gasteiger partial charge < -0.3 is 9.84 Å². The van der Waals surface area contributed by atoms with Gasteiger partial charge in [-0.05, 0) is 25.1 Å². The van der Waals surface area contributed by atoms with Crippen molar-refractivity contribution in [2.45, 2.75) is 13.3 Å². The van der Waals surface area contributed by atoms with E-state index in [-0.39, 0.29) is 19.0 Å². The number of carboxylic acids is 1. The Bertz CT molecular complexity index is 332. The summed E-state index contributed by atoms with van der Waals surface area (Å²) in [6.07, 6.45) is 0.943. The predicted octanol–water partition coefficient (Wildman–Crippen LogP) is 2.28. The van der Waals surface area contributed by atoms with E-state index >= 15 is 0 Å². The molecule has 1 rings (SSSR count). The molecular formula is C13H20ClNO3. The largest absolute Gasteiger partial charge is 0.492 e. The smallest absolute Gasteiger partial charge is 0.317 e. The Kier molecular flexibility index (Phi) is 9.06. The molecule has 0 aliphatic carbocycles. The third-order valence-corrected chi connectivity index (χ3v) is 2.32. The van der Waals surface area contributed by atoms with Crippen LogP contribution in [0.4, 0.5) is 0 Å². The molecule has 18 heavy (non-hydrogen) atoms. The molecule has 0 fully saturated rings. The summed E-state index contributed by atoms with van der Waals surface area (Å²) in [5, 5.41) is 8.74. The first-order valence-electron chi connectivity index (χ1n) is 5.84. The topological polar surface area (TPSA) is 49.8 Å². The Hall–Kier alpha value is -1.26. The van der Waals surface area contributed by atoms with E-state index < -0.39 is 5.97 Å². The van der Waals surface area contributed by atoms with Gasteiger partial charge in [0.05, 0.1) is 6.54 Å². The Morgan fingerprint density at radius 3 is 2.50 bits per heavy atom. The highest BCUT2D eigenvalue weighted by atomic mass is 35.5. The summed E-state index contributed by atoms with van der Waals surface area (Å²) in [5.41, 5.74) is 0. The molecule has 1 N–H and O–H groups in total. The van der Waals surface area contributed by atoms with E-state index in [0.29, 0.717) is 13.2 Å². The van der Waals surface area contributed by atoms with Gasteiger partial charge in [-0.25, -0.2) is 0 Å². The number of halogens is 1. The first-order chi connectivity index (χ1) is 8.22. The summed E-state index contributed by atoms with van der Waals surface area (Å²) in [6.45, 7) is 4.04. The van der Waals surface area contributed by atoms with Crippen LogP contribution in [0.1, 0.15) is 13.3 Å². The minimum absolute atomic E-state index is 0. The Balaban J connectivity index is 0.00000289. The second kappa shape index (κ2) is 9.74. The van der Waals surface area contributed by atoms with Gasteiger partial charge in [0.15, 0.2) is 0 Å². The molecule has 0 radical (unpaired) electrons. The molecular weight excluding hydrogens is 254 g/mol. The minimum atomic E-state index is -0.793. The van der Waals surface area contributed by atoms with Crippen LogP contribution >= 0.6 is 12.4 Å². The van der Waals surface area contributed by atoms with E-state index in [1.165, 1.54) is 0 Å². The van der Waals surface area contributed by atoms with Crippen molar-refractivity contribution in [1.82, 2.24) is 4.90 Å². The van der Waals surface area contributed by atoms with Crippen LogP contribution in [0.5, 0.6) is 5.75 Å². The van der Waals surface area contributed by atoms with Gasteiger partial charge in [-0.15, -0.1) is 12.4 Å². The van der Waals surface area contributed by atoms with Crippen molar-refractivity contribution >= 4 is 18.4 Å². The average molecular weight is 274 g/mol. The molecule has 0 unspecified atom stereocenters. The number of carbonyl (C=O) groups is 1. The third kappa shape index (κ3) is 7.14. The van der Waals surface area contributed by atoms with Crippen LogP contribution in [0.2, 0.25) is 0 Å². The van der Waals surface area contributed by atoms with E-state index in [2.05, 4.69) is 0 Å². The molecule has 102 valence electrons. The van der Waals surface area contributed by atoms with E-state index in [9.17, 15) is 4.79 Å². The third-order valence-electron chi connectivity index (χ3n) is 2.32. The van der Waals surface area contributed by atoms with Gasteiger partial charge in [0.25, 0.3) is 0 Å². The fourth-order valence-electron chi connectivity index (χ4n) is 1.59. The van der Waals surface area contributed by atoms with Crippen molar-refractivity contribution in [1.29, 1.82) is 0 Å². The molecule has 0 aromatic heterocycles. The molecule has 5 heteroatoms. The number of aliphatic carboxylic acids is 1. The molecule has 1 aromatic carbocycles. The van der Waals surface area contributed by atoms with Gasteiger partial charge in [-0.1, -0.05) is 25.1 Å². The number of ether oxygens (including phenoxy) is 1. The summed E-state index contributed by atoms with van der Waals surface area (Å²) in [7, 11) is 0. The number of hydrogen-bond donors (Lipinski definition) is 1. The van der Waals surface area contributed by atoms with Gasteiger partial charge in [-0.2, -0.15) is 0 Å². The zero-order valence-electron chi connectivity index (χ0n) is 10.5. The van der Waals surface area contributed by atoms with Crippen LogP contribution in [0, 0.1) is 0 Å². The van der Waals surface area contributed by atoms with Crippen molar-refractivity contribution in [3.8, 4) is 5.75 Å². The summed E-state index contributed by atoms with van der Waals surface area (Å²) >= 11 is 0. The molecule has 0 bridgehead atoms. The van der Waals surface area contributed by atoms with Crippen molar-refractivity contribution in [2.75, 3.05) is 26.2 Å².